The predicted molar refractivity (Wildman–Crippen MR) is 83.4 cm³/mol. The summed E-state index contributed by atoms with van der Waals surface area (Å²) in [6.45, 7) is 7.50. The molecule has 1 aromatic heterocycles. The summed E-state index contributed by atoms with van der Waals surface area (Å²) in [7, 11) is 1.75. The van der Waals surface area contributed by atoms with Crippen molar-refractivity contribution in [3.05, 3.63) is 23.0 Å². The number of pyridine rings is 1. The number of hydrogen-bond donors (Lipinski definition) is 1. The van der Waals surface area contributed by atoms with Gasteiger partial charge in [0.2, 0.25) is 0 Å². The molecular weight excluding hydrogens is 248 g/mol. The molecular formula is C17H28N2O. The Balaban J connectivity index is 2.08. The topological polar surface area (TPSA) is 34.2 Å². The lowest BCUT2D eigenvalue weighted by molar-refractivity contribution is 0.404. The molecule has 1 N–H and O–H groups in total. The van der Waals surface area contributed by atoms with Crippen LogP contribution in [-0.2, 0) is 6.42 Å². The third-order valence-electron chi connectivity index (χ3n) is 4.19. The van der Waals surface area contributed by atoms with E-state index >= 15 is 0 Å². The number of rotatable bonds is 8. The Labute approximate surface area is 123 Å². The van der Waals surface area contributed by atoms with E-state index in [0.29, 0.717) is 6.04 Å². The van der Waals surface area contributed by atoms with Crippen molar-refractivity contribution < 1.29 is 4.74 Å². The molecule has 1 unspecified atom stereocenters. The van der Waals surface area contributed by atoms with Crippen LogP contribution in [0.25, 0.3) is 0 Å². The second-order valence-corrected chi connectivity index (χ2v) is 6.08. The first-order chi connectivity index (χ1) is 9.65. The maximum absolute atomic E-state index is 5.51. The average Bonchev–Trinajstić information content (AvgIpc) is 3.23. The summed E-state index contributed by atoms with van der Waals surface area (Å²) in [6.07, 6.45) is 8.25. The second-order valence-electron chi connectivity index (χ2n) is 6.08. The molecule has 1 saturated carbocycles. The fourth-order valence-electron chi connectivity index (χ4n) is 2.85. The third-order valence-corrected chi connectivity index (χ3v) is 4.19. The van der Waals surface area contributed by atoms with Crippen LogP contribution in [0.15, 0.2) is 6.20 Å². The van der Waals surface area contributed by atoms with Crippen molar-refractivity contribution in [2.24, 2.45) is 5.92 Å². The van der Waals surface area contributed by atoms with Crippen molar-refractivity contribution in [2.45, 2.75) is 58.9 Å². The van der Waals surface area contributed by atoms with Gasteiger partial charge in [0.25, 0.3) is 0 Å². The average molecular weight is 276 g/mol. The molecule has 0 amide bonds. The molecule has 0 saturated heterocycles. The Bertz CT molecular complexity index is 441. The van der Waals surface area contributed by atoms with E-state index in [1.54, 1.807) is 7.11 Å². The molecule has 0 bridgehead atoms. The van der Waals surface area contributed by atoms with Crippen LogP contribution in [-0.4, -0.2) is 24.7 Å². The van der Waals surface area contributed by atoms with Gasteiger partial charge in [-0.15, -0.1) is 0 Å². The van der Waals surface area contributed by atoms with Gasteiger partial charge in [-0.25, -0.2) is 0 Å². The van der Waals surface area contributed by atoms with E-state index in [-0.39, 0.29) is 0 Å². The van der Waals surface area contributed by atoms with E-state index in [9.17, 15) is 0 Å². The second kappa shape index (κ2) is 7.07. The molecule has 0 aromatic carbocycles. The van der Waals surface area contributed by atoms with Gasteiger partial charge in [-0.3, -0.25) is 4.98 Å². The van der Waals surface area contributed by atoms with Crippen molar-refractivity contribution in [1.29, 1.82) is 0 Å². The van der Waals surface area contributed by atoms with E-state index in [1.807, 2.05) is 6.20 Å². The molecule has 1 heterocycles. The number of aryl methyl sites for hydroxylation is 1. The highest BCUT2D eigenvalue weighted by atomic mass is 16.5. The van der Waals surface area contributed by atoms with E-state index in [1.165, 1.54) is 36.9 Å². The summed E-state index contributed by atoms with van der Waals surface area (Å²) >= 11 is 0. The summed E-state index contributed by atoms with van der Waals surface area (Å²) in [4.78, 5) is 4.64. The summed E-state index contributed by atoms with van der Waals surface area (Å²) in [6, 6.07) is 0.557. The molecule has 1 atom stereocenters. The van der Waals surface area contributed by atoms with Crippen molar-refractivity contribution in [1.82, 2.24) is 10.3 Å². The van der Waals surface area contributed by atoms with E-state index in [0.717, 1.165) is 30.2 Å². The molecule has 1 aliphatic carbocycles. The largest absolute Gasteiger partial charge is 0.496 e. The van der Waals surface area contributed by atoms with Crippen LogP contribution < -0.4 is 10.1 Å². The Morgan fingerprint density at radius 3 is 2.75 bits per heavy atom. The highest BCUT2D eigenvalue weighted by Crippen LogP contribution is 2.34. The molecule has 0 aliphatic heterocycles. The highest BCUT2D eigenvalue weighted by molar-refractivity contribution is 5.41. The van der Waals surface area contributed by atoms with Gasteiger partial charge in [0.05, 0.1) is 7.11 Å². The number of hydrogen-bond acceptors (Lipinski definition) is 3. The van der Waals surface area contributed by atoms with Crippen LogP contribution >= 0.6 is 0 Å². The Kier molecular flexibility index (Phi) is 5.41. The SMILES string of the molecule is CCCNC(Cc1ncc(C)c(OC)c1C)CC1CC1. The highest BCUT2D eigenvalue weighted by Gasteiger charge is 2.26. The maximum atomic E-state index is 5.51. The van der Waals surface area contributed by atoms with Gasteiger partial charge in [0.1, 0.15) is 5.75 Å². The fourth-order valence-corrected chi connectivity index (χ4v) is 2.85. The number of nitrogens with one attached hydrogen (secondary N) is 1. The Morgan fingerprint density at radius 1 is 1.40 bits per heavy atom. The normalized spacial score (nSPS) is 16.2. The maximum Gasteiger partial charge on any atom is 0.128 e. The zero-order valence-corrected chi connectivity index (χ0v) is 13.3. The van der Waals surface area contributed by atoms with Crippen molar-refractivity contribution in [2.75, 3.05) is 13.7 Å². The first-order valence-corrected chi connectivity index (χ1v) is 7.88. The van der Waals surface area contributed by atoms with Crippen LogP contribution in [0.1, 0.15) is 49.4 Å². The number of nitrogens with zero attached hydrogens (tertiary/aromatic N) is 1. The molecule has 0 spiro atoms. The Morgan fingerprint density at radius 2 is 2.15 bits per heavy atom. The van der Waals surface area contributed by atoms with Crippen LogP contribution in [0.5, 0.6) is 5.75 Å². The molecule has 1 fully saturated rings. The molecule has 3 nitrogen and oxygen atoms in total. The minimum absolute atomic E-state index is 0.557. The van der Waals surface area contributed by atoms with Crippen LogP contribution in [0.4, 0.5) is 0 Å². The molecule has 1 aliphatic rings. The fraction of sp³-hybridized carbons (Fsp3) is 0.706. The minimum atomic E-state index is 0.557. The van der Waals surface area contributed by atoms with Gasteiger partial charge >= 0.3 is 0 Å². The summed E-state index contributed by atoms with van der Waals surface area (Å²) < 4.78 is 5.51. The van der Waals surface area contributed by atoms with E-state index in [4.69, 9.17) is 4.74 Å². The van der Waals surface area contributed by atoms with Gasteiger partial charge in [-0.1, -0.05) is 19.8 Å². The van der Waals surface area contributed by atoms with Crippen molar-refractivity contribution in [3.8, 4) is 5.75 Å². The Hall–Kier alpha value is -1.09. The van der Waals surface area contributed by atoms with Crippen molar-refractivity contribution >= 4 is 0 Å². The van der Waals surface area contributed by atoms with Crippen LogP contribution in [0, 0.1) is 19.8 Å². The summed E-state index contributed by atoms with van der Waals surface area (Å²) in [5.74, 6) is 1.94. The van der Waals surface area contributed by atoms with Gasteiger partial charge < -0.3 is 10.1 Å². The molecule has 3 heteroatoms. The van der Waals surface area contributed by atoms with Crippen LogP contribution in [0.2, 0.25) is 0 Å². The molecule has 2 rings (SSSR count). The molecule has 0 radical (unpaired) electrons. The molecule has 1 aromatic rings. The zero-order chi connectivity index (χ0) is 14.5. The van der Waals surface area contributed by atoms with E-state index in [2.05, 4.69) is 31.1 Å². The predicted octanol–water partition coefficient (Wildman–Crippen LogP) is 3.42. The monoisotopic (exact) mass is 276 g/mol. The minimum Gasteiger partial charge on any atom is -0.496 e. The lowest BCUT2D eigenvalue weighted by atomic mass is 10.0. The summed E-state index contributed by atoms with van der Waals surface area (Å²) in [5, 5.41) is 3.69. The van der Waals surface area contributed by atoms with Gasteiger partial charge in [-0.05, 0) is 39.2 Å². The molecule has 20 heavy (non-hydrogen) atoms. The molecule has 112 valence electrons. The summed E-state index contributed by atoms with van der Waals surface area (Å²) in [5.41, 5.74) is 3.50. The smallest absolute Gasteiger partial charge is 0.128 e. The number of ether oxygens (including phenoxy) is 1. The standard InChI is InChI=1S/C17H28N2O/c1-5-8-18-15(9-14-6-7-14)10-16-13(3)17(20-4)12(2)11-19-16/h11,14-15,18H,5-10H2,1-4H3. The van der Waals surface area contributed by atoms with Gasteiger partial charge in [-0.2, -0.15) is 0 Å². The van der Waals surface area contributed by atoms with Crippen LogP contribution in [0.3, 0.4) is 0 Å². The lowest BCUT2D eigenvalue weighted by Crippen LogP contribution is -2.32. The number of methoxy groups -OCH3 is 1. The van der Waals surface area contributed by atoms with Crippen molar-refractivity contribution in [3.63, 3.8) is 0 Å². The number of aromatic nitrogens is 1. The first-order valence-electron chi connectivity index (χ1n) is 7.88. The first kappa shape index (κ1) is 15.3. The quantitative estimate of drug-likeness (QED) is 0.790. The van der Waals surface area contributed by atoms with Gasteiger partial charge in [0, 0.05) is 35.5 Å². The van der Waals surface area contributed by atoms with E-state index < -0.39 is 0 Å². The lowest BCUT2D eigenvalue weighted by Gasteiger charge is -2.20. The zero-order valence-electron chi connectivity index (χ0n) is 13.3. The third kappa shape index (κ3) is 3.95. The van der Waals surface area contributed by atoms with Gasteiger partial charge in [0.15, 0.2) is 0 Å².